The second kappa shape index (κ2) is 8.25. The molecule has 2 aromatic rings. The minimum Gasteiger partial charge on any atom is -0.370 e. The Balaban J connectivity index is 1.97. The van der Waals surface area contributed by atoms with Crippen LogP contribution in [0.5, 0.6) is 0 Å². The molecule has 0 radical (unpaired) electrons. The smallest absolute Gasteiger partial charge is 0.188 e. The monoisotopic (exact) mass is 369 g/mol. The van der Waals surface area contributed by atoms with E-state index >= 15 is 0 Å². The summed E-state index contributed by atoms with van der Waals surface area (Å²) in [7, 11) is -3.21. The summed E-state index contributed by atoms with van der Waals surface area (Å²) >= 11 is 1.67. The van der Waals surface area contributed by atoms with Gasteiger partial charge in [0.15, 0.2) is 15.8 Å². The predicted octanol–water partition coefficient (Wildman–Crippen LogP) is 2.08. The van der Waals surface area contributed by atoms with Crippen molar-refractivity contribution < 1.29 is 12.8 Å². The van der Waals surface area contributed by atoms with Crippen molar-refractivity contribution in [3.63, 3.8) is 0 Å². The zero-order chi connectivity index (χ0) is 17.6. The summed E-state index contributed by atoms with van der Waals surface area (Å²) in [6, 6.07) is 8.05. The zero-order valence-corrected chi connectivity index (χ0v) is 15.0. The molecule has 0 aliphatic carbocycles. The Labute approximate surface area is 145 Å². The van der Waals surface area contributed by atoms with Crippen LogP contribution in [-0.4, -0.2) is 27.2 Å². The number of benzene rings is 1. The molecule has 0 unspecified atom stereocenters. The summed E-state index contributed by atoms with van der Waals surface area (Å²) in [6.45, 7) is 0.773. The lowest BCUT2D eigenvalue weighted by Gasteiger charge is -2.08. The van der Waals surface area contributed by atoms with E-state index in [1.807, 2.05) is 17.5 Å². The summed E-state index contributed by atoms with van der Waals surface area (Å²) in [4.78, 5) is 5.42. The van der Waals surface area contributed by atoms with Gasteiger partial charge in [-0.1, -0.05) is 12.1 Å². The second-order valence-electron chi connectivity index (χ2n) is 5.44. The molecule has 0 amide bonds. The third-order valence-electron chi connectivity index (χ3n) is 3.26. The van der Waals surface area contributed by atoms with Crippen LogP contribution < -0.4 is 11.1 Å². The molecule has 8 heteroatoms. The lowest BCUT2D eigenvalue weighted by atomic mass is 10.1. The largest absolute Gasteiger partial charge is 0.370 e. The maximum Gasteiger partial charge on any atom is 0.188 e. The van der Waals surface area contributed by atoms with E-state index < -0.39 is 15.7 Å². The van der Waals surface area contributed by atoms with E-state index in [0.717, 1.165) is 12.7 Å². The van der Waals surface area contributed by atoms with Crippen molar-refractivity contribution in [2.75, 3.05) is 12.8 Å². The SMILES string of the molecule is CS(=O)(=O)Cc1ccc(F)cc1CN=C(N)NCCc1cccs1. The number of aliphatic imine (C=N–C) groups is 1. The zero-order valence-electron chi connectivity index (χ0n) is 13.3. The highest BCUT2D eigenvalue weighted by Gasteiger charge is 2.10. The van der Waals surface area contributed by atoms with Crippen LogP contribution in [0.25, 0.3) is 0 Å². The van der Waals surface area contributed by atoms with Gasteiger partial charge in [-0.3, -0.25) is 0 Å². The number of guanidine groups is 1. The molecule has 0 bridgehead atoms. The molecule has 0 spiro atoms. The Hall–Kier alpha value is -1.93. The molecule has 3 N–H and O–H groups in total. The summed E-state index contributed by atoms with van der Waals surface area (Å²) in [5.74, 6) is -0.327. The number of nitrogens with two attached hydrogens (primary N) is 1. The molecule has 0 aliphatic rings. The van der Waals surface area contributed by atoms with Gasteiger partial charge in [-0.15, -0.1) is 11.3 Å². The van der Waals surface area contributed by atoms with Crippen molar-refractivity contribution in [3.05, 3.63) is 57.5 Å². The van der Waals surface area contributed by atoms with Gasteiger partial charge >= 0.3 is 0 Å². The molecule has 5 nitrogen and oxygen atoms in total. The minimum atomic E-state index is -3.21. The van der Waals surface area contributed by atoms with E-state index in [4.69, 9.17) is 5.73 Å². The number of nitrogens with zero attached hydrogens (tertiary/aromatic N) is 1. The van der Waals surface area contributed by atoms with Gasteiger partial charge in [0, 0.05) is 17.7 Å². The van der Waals surface area contributed by atoms with E-state index in [1.165, 1.54) is 23.1 Å². The molecule has 0 saturated carbocycles. The quantitative estimate of drug-likeness (QED) is 0.578. The van der Waals surface area contributed by atoms with Crippen molar-refractivity contribution in [3.8, 4) is 0 Å². The highest BCUT2D eigenvalue weighted by molar-refractivity contribution is 7.89. The Kier molecular flexibility index (Phi) is 6.33. The van der Waals surface area contributed by atoms with Gasteiger partial charge in [0.25, 0.3) is 0 Å². The molecule has 0 atom stereocenters. The van der Waals surface area contributed by atoms with Gasteiger partial charge in [-0.2, -0.15) is 0 Å². The van der Waals surface area contributed by atoms with Crippen LogP contribution in [0.15, 0.2) is 40.7 Å². The van der Waals surface area contributed by atoms with Crippen molar-refractivity contribution in [1.29, 1.82) is 0 Å². The van der Waals surface area contributed by atoms with Crippen molar-refractivity contribution in [2.24, 2.45) is 10.7 Å². The van der Waals surface area contributed by atoms with E-state index in [9.17, 15) is 12.8 Å². The number of hydrogen-bond acceptors (Lipinski definition) is 4. The first-order chi connectivity index (χ1) is 11.3. The molecular formula is C16H20FN3O2S2. The lowest BCUT2D eigenvalue weighted by molar-refractivity contribution is 0.600. The van der Waals surface area contributed by atoms with Crippen LogP contribution in [0, 0.1) is 5.82 Å². The molecule has 1 heterocycles. The first-order valence-corrected chi connectivity index (χ1v) is 10.3. The van der Waals surface area contributed by atoms with Gasteiger partial charge in [0.05, 0.1) is 12.3 Å². The topological polar surface area (TPSA) is 84.5 Å². The Bertz CT molecular complexity index is 803. The Morgan fingerprint density at radius 3 is 2.79 bits per heavy atom. The fraction of sp³-hybridized carbons (Fsp3) is 0.312. The number of thiophene rings is 1. The summed E-state index contributed by atoms with van der Waals surface area (Å²) in [5, 5.41) is 5.01. The normalized spacial score (nSPS) is 12.3. The number of nitrogens with one attached hydrogen (secondary N) is 1. The first-order valence-electron chi connectivity index (χ1n) is 7.35. The van der Waals surface area contributed by atoms with Gasteiger partial charge in [-0.05, 0) is 41.1 Å². The summed E-state index contributed by atoms with van der Waals surface area (Å²) in [6.07, 6.45) is 1.98. The first kappa shape index (κ1) is 18.4. The van der Waals surface area contributed by atoms with Crippen LogP contribution in [0.2, 0.25) is 0 Å². The van der Waals surface area contributed by atoms with Gasteiger partial charge < -0.3 is 11.1 Å². The van der Waals surface area contributed by atoms with Crippen molar-refractivity contribution in [2.45, 2.75) is 18.7 Å². The van der Waals surface area contributed by atoms with Crippen molar-refractivity contribution in [1.82, 2.24) is 5.32 Å². The Morgan fingerprint density at radius 2 is 2.12 bits per heavy atom. The molecule has 1 aromatic carbocycles. The van der Waals surface area contributed by atoms with Crippen LogP contribution in [0.1, 0.15) is 16.0 Å². The van der Waals surface area contributed by atoms with E-state index in [0.29, 0.717) is 17.7 Å². The molecule has 0 aliphatic heterocycles. The highest BCUT2D eigenvalue weighted by Crippen LogP contribution is 2.15. The van der Waals surface area contributed by atoms with Crippen LogP contribution in [0.3, 0.4) is 0 Å². The number of sulfone groups is 1. The third-order valence-corrected chi connectivity index (χ3v) is 5.03. The molecule has 0 saturated heterocycles. The summed E-state index contributed by atoms with van der Waals surface area (Å²) < 4.78 is 36.3. The molecular weight excluding hydrogens is 349 g/mol. The number of hydrogen-bond donors (Lipinski definition) is 2. The van der Waals surface area contributed by atoms with E-state index in [2.05, 4.69) is 10.3 Å². The lowest BCUT2D eigenvalue weighted by Crippen LogP contribution is -2.33. The van der Waals surface area contributed by atoms with Gasteiger partial charge in [0.1, 0.15) is 5.82 Å². The maximum absolute atomic E-state index is 13.4. The molecule has 130 valence electrons. The van der Waals surface area contributed by atoms with Crippen LogP contribution in [0.4, 0.5) is 4.39 Å². The minimum absolute atomic E-state index is 0.125. The van der Waals surface area contributed by atoms with Gasteiger partial charge in [-0.25, -0.2) is 17.8 Å². The van der Waals surface area contributed by atoms with Crippen LogP contribution >= 0.6 is 11.3 Å². The third kappa shape index (κ3) is 6.29. The highest BCUT2D eigenvalue weighted by atomic mass is 32.2. The van der Waals surface area contributed by atoms with Gasteiger partial charge in [0.2, 0.25) is 0 Å². The number of rotatable bonds is 7. The standard InChI is InChI=1S/C16H20FN3O2S2/c1-24(21,22)11-12-4-5-14(17)9-13(12)10-20-16(18)19-7-6-15-3-2-8-23-15/h2-5,8-9H,6-7,10-11H2,1H3,(H3,18,19,20). The molecule has 0 fully saturated rings. The Morgan fingerprint density at radius 1 is 1.33 bits per heavy atom. The molecule has 2 rings (SSSR count). The molecule has 24 heavy (non-hydrogen) atoms. The van der Waals surface area contributed by atoms with Crippen molar-refractivity contribution >= 4 is 27.1 Å². The fourth-order valence-corrected chi connectivity index (χ4v) is 3.72. The predicted molar refractivity (Wildman–Crippen MR) is 96.3 cm³/mol. The fourth-order valence-electron chi connectivity index (χ4n) is 2.16. The van der Waals surface area contributed by atoms with E-state index in [1.54, 1.807) is 11.3 Å². The average Bonchev–Trinajstić information content (AvgIpc) is 2.99. The van der Waals surface area contributed by atoms with Crippen LogP contribution in [-0.2, 0) is 28.6 Å². The molecule has 1 aromatic heterocycles. The number of halogens is 1. The van der Waals surface area contributed by atoms with E-state index in [-0.39, 0.29) is 18.3 Å². The maximum atomic E-state index is 13.4. The second-order valence-corrected chi connectivity index (χ2v) is 8.61. The summed E-state index contributed by atoms with van der Waals surface area (Å²) in [5.41, 5.74) is 6.86. The average molecular weight is 369 g/mol.